The number of aliphatic hydroxyl groups is 1. The van der Waals surface area contributed by atoms with Gasteiger partial charge in [-0.05, 0) is 116 Å². The number of hydrogen-bond acceptors (Lipinski definition) is 9. The largest absolute Gasteiger partial charge is 0.435 e. The van der Waals surface area contributed by atoms with Crippen LogP contribution in [0.3, 0.4) is 0 Å². The van der Waals surface area contributed by atoms with Crippen molar-refractivity contribution in [3.8, 4) is 28.7 Å². The highest BCUT2D eigenvalue weighted by atomic mass is 16.3. The van der Waals surface area contributed by atoms with Crippen molar-refractivity contribution >= 4 is 33.5 Å². The second-order valence-electron chi connectivity index (χ2n) is 12.7. The predicted molar refractivity (Wildman–Crippen MR) is 190 cm³/mol. The topological polar surface area (TPSA) is 123 Å². The van der Waals surface area contributed by atoms with Gasteiger partial charge in [-0.15, -0.1) is 0 Å². The van der Waals surface area contributed by atoms with Crippen molar-refractivity contribution in [1.82, 2.24) is 25.2 Å². The molecule has 7 rings (SSSR count). The molecule has 0 aliphatic carbocycles. The van der Waals surface area contributed by atoms with E-state index in [0.717, 1.165) is 75.4 Å². The third-order valence-corrected chi connectivity index (χ3v) is 9.14. The number of nitriles is 1. The van der Waals surface area contributed by atoms with Gasteiger partial charge in [0, 0.05) is 48.7 Å². The van der Waals surface area contributed by atoms with Crippen molar-refractivity contribution < 1.29 is 9.52 Å². The summed E-state index contributed by atoms with van der Waals surface area (Å²) in [6, 6.07) is 22.6. The summed E-state index contributed by atoms with van der Waals surface area (Å²) in [7, 11) is 0. The lowest BCUT2D eigenvalue weighted by molar-refractivity contribution is 0.191. The number of oxazole rings is 1. The molecule has 1 saturated heterocycles. The number of pyridine rings is 2. The molecular weight excluding hydrogens is 598 g/mol. The first-order chi connectivity index (χ1) is 23.4. The minimum Gasteiger partial charge on any atom is -0.435 e. The SMILES string of the molecule is Cc1c(Nc2nccc3cc(CN4CCCC4)cnc23)cccc1-c1cccc(-c2nc3cc(CNCC(C)O)cc(C#N)c3o2)c1C. The number of hydrogen-bond donors (Lipinski definition) is 3. The molecule has 0 saturated carbocycles. The van der Waals surface area contributed by atoms with Gasteiger partial charge in [0.1, 0.15) is 17.1 Å². The van der Waals surface area contributed by atoms with Gasteiger partial charge in [-0.3, -0.25) is 9.88 Å². The molecule has 4 heterocycles. The van der Waals surface area contributed by atoms with Crippen LogP contribution in [-0.2, 0) is 13.1 Å². The van der Waals surface area contributed by atoms with Crippen LogP contribution in [-0.4, -0.2) is 50.7 Å². The summed E-state index contributed by atoms with van der Waals surface area (Å²) in [5.41, 5.74) is 10.6. The van der Waals surface area contributed by atoms with Crippen LogP contribution in [0.2, 0.25) is 0 Å². The Hall–Kier alpha value is -5.14. The number of nitrogens with zero attached hydrogens (tertiary/aromatic N) is 5. The lowest BCUT2D eigenvalue weighted by atomic mass is 9.93. The molecule has 0 amide bonds. The van der Waals surface area contributed by atoms with E-state index in [4.69, 9.17) is 14.4 Å². The second kappa shape index (κ2) is 13.5. The van der Waals surface area contributed by atoms with Gasteiger partial charge in [-0.25, -0.2) is 9.97 Å². The van der Waals surface area contributed by atoms with Gasteiger partial charge in [0.25, 0.3) is 0 Å². The number of nitrogens with one attached hydrogen (secondary N) is 2. The van der Waals surface area contributed by atoms with Crippen LogP contribution in [0, 0.1) is 25.2 Å². The smallest absolute Gasteiger partial charge is 0.227 e. The first kappa shape index (κ1) is 31.5. The van der Waals surface area contributed by atoms with Gasteiger partial charge in [0.05, 0.1) is 11.7 Å². The molecule has 3 aromatic heterocycles. The number of anilines is 2. The van der Waals surface area contributed by atoms with Crippen LogP contribution >= 0.6 is 0 Å². The fourth-order valence-electron chi connectivity index (χ4n) is 6.65. The molecule has 6 aromatic rings. The average molecular weight is 638 g/mol. The van der Waals surface area contributed by atoms with Crippen LogP contribution in [0.25, 0.3) is 44.6 Å². The number of aromatic nitrogens is 3. The van der Waals surface area contributed by atoms with Crippen LogP contribution in [0.15, 0.2) is 77.5 Å². The molecule has 9 nitrogen and oxygen atoms in total. The van der Waals surface area contributed by atoms with E-state index in [2.05, 4.69) is 70.8 Å². The van der Waals surface area contributed by atoms with Crippen molar-refractivity contribution in [2.45, 2.75) is 52.8 Å². The lowest BCUT2D eigenvalue weighted by Gasteiger charge is -2.17. The monoisotopic (exact) mass is 637 g/mol. The first-order valence-corrected chi connectivity index (χ1v) is 16.5. The zero-order valence-corrected chi connectivity index (χ0v) is 27.5. The lowest BCUT2D eigenvalue weighted by Crippen LogP contribution is -2.23. The number of rotatable bonds is 10. The highest BCUT2D eigenvalue weighted by Crippen LogP contribution is 2.37. The minimum absolute atomic E-state index is 0.433. The molecule has 1 aliphatic rings. The maximum atomic E-state index is 9.87. The fourth-order valence-corrected chi connectivity index (χ4v) is 6.65. The fraction of sp³-hybridized carbons (Fsp3) is 0.282. The van der Waals surface area contributed by atoms with E-state index < -0.39 is 6.10 Å². The van der Waals surface area contributed by atoms with Crippen LogP contribution < -0.4 is 10.6 Å². The quantitative estimate of drug-likeness (QED) is 0.141. The van der Waals surface area contributed by atoms with Crippen LogP contribution in [0.5, 0.6) is 0 Å². The summed E-state index contributed by atoms with van der Waals surface area (Å²) in [6.07, 6.45) is 5.90. The molecule has 9 heteroatoms. The van der Waals surface area contributed by atoms with Gasteiger partial charge in [-0.2, -0.15) is 5.26 Å². The average Bonchev–Trinajstić information content (AvgIpc) is 3.76. The van der Waals surface area contributed by atoms with E-state index >= 15 is 0 Å². The molecule has 0 spiro atoms. The maximum Gasteiger partial charge on any atom is 0.227 e. The van der Waals surface area contributed by atoms with E-state index in [9.17, 15) is 10.4 Å². The third kappa shape index (κ3) is 6.38. The Morgan fingerprint density at radius 1 is 0.958 bits per heavy atom. The zero-order chi connectivity index (χ0) is 33.2. The van der Waals surface area contributed by atoms with E-state index in [1.54, 1.807) is 6.92 Å². The van der Waals surface area contributed by atoms with Gasteiger partial charge in [0.2, 0.25) is 5.89 Å². The number of aliphatic hydroxyl groups excluding tert-OH is 1. The molecule has 242 valence electrons. The predicted octanol–water partition coefficient (Wildman–Crippen LogP) is 7.40. The van der Waals surface area contributed by atoms with Gasteiger partial charge in [-0.1, -0.05) is 24.3 Å². The Morgan fingerprint density at radius 3 is 2.52 bits per heavy atom. The Balaban J connectivity index is 1.18. The summed E-state index contributed by atoms with van der Waals surface area (Å²) in [5, 5.41) is 27.3. The van der Waals surface area contributed by atoms with Gasteiger partial charge >= 0.3 is 0 Å². The van der Waals surface area contributed by atoms with Crippen molar-refractivity contribution in [2.75, 3.05) is 25.0 Å². The molecule has 1 unspecified atom stereocenters. The third-order valence-electron chi connectivity index (χ3n) is 9.14. The molecule has 48 heavy (non-hydrogen) atoms. The van der Waals surface area contributed by atoms with Crippen molar-refractivity contribution in [3.05, 3.63) is 101 Å². The Bertz CT molecular complexity index is 2160. The molecule has 0 radical (unpaired) electrons. The van der Waals surface area contributed by atoms with Gasteiger partial charge < -0.3 is 20.2 Å². The summed E-state index contributed by atoms with van der Waals surface area (Å²) in [5.74, 6) is 1.20. The van der Waals surface area contributed by atoms with E-state index in [-0.39, 0.29) is 0 Å². The Labute approximate surface area is 280 Å². The molecule has 0 bridgehead atoms. The van der Waals surface area contributed by atoms with Crippen LogP contribution in [0.4, 0.5) is 11.5 Å². The maximum absolute atomic E-state index is 9.87. The first-order valence-electron chi connectivity index (χ1n) is 16.5. The van der Waals surface area contributed by atoms with E-state index in [0.29, 0.717) is 35.6 Å². The summed E-state index contributed by atoms with van der Waals surface area (Å²) >= 11 is 0. The van der Waals surface area contributed by atoms with Gasteiger partial charge in [0.15, 0.2) is 11.4 Å². The molecular formula is C39H39N7O2. The van der Waals surface area contributed by atoms with E-state index in [1.807, 2.05) is 42.7 Å². The summed E-state index contributed by atoms with van der Waals surface area (Å²) < 4.78 is 6.24. The van der Waals surface area contributed by atoms with Crippen LogP contribution in [0.1, 0.15) is 47.6 Å². The summed E-state index contributed by atoms with van der Waals surface area (Å²) in [4.78, 5) is 16.8. The van der Waals surface area contributed by atoms with Crippen molar-refractivity contribution in [2.24, 2.45) is 0 Å². The number of likely N-dealkylation sites (tertiary alicyclic amines) is 1. The Morgan fingerprint density at radius 2 is 1.73 bits per heavy atom. The van der Waals surface area contributed by atoms with Crippen molar-refractivity contribution in [1.29, 1.82) is 5.26 Å². The normalized spacial score (nSPS) is 14.1. The molecule has 1 aliphatic heterocycles. The van der Waals surface area contributed by atoms with E-state index in [1.165, 1.54) is 18.4 Å². The summed E-state index contributed by atoms with van der Waals surface area (Å²) in [6.45, 7) is 10.1. The van der Waals surface area contributed by atoms with Crippen molar-refractivity contribution in [3.63, 3.8) is 0 Å². The Kier molecular flexibility index (Phi) is 8.87. The number of benzene rings is 3. The number of fused-ring (bicyclic) bond motifs is 2. The standard InChI is InChI=1S/C39H39N7O2/c1-24(47)20-41-21-27-16-30(19-40)37-35(18-27)45-39(48-37)33-10-6-8-31(25(33)2)32-9-7-11-34(26(32)3)44-38-36-29(12-13-42-38)17-28(22-43-36)23-46-14-4-5-15-46/h6-13,16-18,22,24,41,47H,4-5,14-15,20-21,23H2,1-3H3,(H,42,44). The molecule has 3 aromatic carbocycles. The zero-order valence-electron chi connectivity index (χ0n) is 27.5. The highest BCUT2D eigenvalue weighted by Gasteiger charge is 2.19. The molecule has 3 N–H and O–H groups in total. The highest BCUT2D eigenvalue weighted by molar-refractivity contribution is 5.91. The minimum atomic E-state index is -0.456. The molecule has 1 fully saturated rings. The second-order valence-corrected chi connectivity index (χ2v) is 12.7. The molecule has 1 atom stereocenters.